The predicted molar refractivity (Wildman–Crippen MR) is 127 cm³/mol. The lowest BCUT2D eigenvalue weighted by molar-refractivity contribution is 0.615. The third-order valence-corrected chi connectivity index (χ3v) is 6.36. The zero-order valence-corrected chi connectivity index (χ0v) is 18.1. The number of H-pyrrole nitrogens is 1. The molecule has 5 rings (SSSR count). The zero-order valence-electron chi connectivity index (χ0n) is 18.1. The highest BCUT2D eigenvalue weighted by Gasteiger charge is 2.15. The monoisotopic (exact) mass is 411 g/mol. The van der Waals surface area contributed by atoms with Gasteiger partial charge in [-0.1, -0.05) is 56.9 Å². The lowest BCUT2D eigenvalue weighted by Crippen LogP contribution is -2.19. The summed E-state index contributed by atoms with van der Waals surface area (Å²) in [4.78, 5) is 17.4. The van der Waals surface area contributed by atoms with Crippen LogP contribution in [0.2, 0.25) is 0 Å². The van der Waals surface area contributed by atoms with Gasteiger partial charge in [0.1, 0.15) is 5.65 Å². The van der Waals surface area contributed by atoms with Crippen molar-refractivity contribution in [1.29, 1.82) is 0 Å². The molecule has 2 N–H and O–H groups in total. The summed E-state index contributed by atoms with van der Waals surface area (Å²) in [5.41, 5.74) is 6.56. The van der Waals surface area contributed by atoms with E-state index in [0.717, 1.165) is 40.2 Å². The number of hydrogen-bond donors (Lipinski definition) is 2. The largest absolute Gasteiger partial charge is 0.351 e. The van der Waals surface area contributed by atoms with Gasteiger partial charge >= 0.3 is 0 Å². The van der Waals surface area contributed by atoms with Gasteiger partial charge in [-0.25, -0.2) is 15.0 Å². The number of nitrogens with zero attached hydrogens (tertiary/aromatic N) is 3. The second-order valence-electron chi connectivity index (χ2n) is 8.43. The number of hydrogen-bond acceptors (Lipinski definition) is 4. The highest BCUT2D eigenvalue weighted by atomic mass is 15.1. The van der Waals surface area contributed by atoms with E-state index >= 15 is 0 Å². The second kappa shape index (κ2) is 8.88. The first-order valence-corrected chi connectivity index (χ1v) is 11.5. The molecule has 5 heteroatoms. The first-order chi connectivity index (χ1) is 15.3. The number of aromatic amines is 1. The Bertz CT molecular complexity index is 1170. The van der Waals surface area contributed by atoms with E-state index in [1.165, 1.54) is 49.7 Å². The van der Waals surface area contributed by atoms with Crippen LogP contribution in [0.25, 0.3) is 33.4 Å². The van der Waals surface area contributed by atoms with Crippen LogP contribution >= 0.6 is 0 Å². The maximum absolute atomic E-state index is 4.86. The van der Waals surface area contributed by atoms with Gasteiger partial charge in [0.15, 0.2) is 0 Å². The van der Waals surface area contributed by atoms with Crippen molar-refractivity contribution in [2.24, 2.45) is 0 Å². The highest BCUT2D eigenvalue weighted by molar-refractivity contribution is 5.95. The van der Waals surface area contributed by atoms with Gasteiger partial charge < -0.3 is 10.3 Å². The van der Waals surface area contributed by atoms with Gasteiger partial charge in [0, 0.05) is 41.1 Å². The lowest BCUT2D eigenvalue weighted by Gasteiger charge is -2.16. The van der Waals surface area contributed by atoms with Crippen LogP contribution in [0.5, 0.6) is 0 Å². The topological polar surface area (TPSA) is 66.5 Å². The predicted octanol–water partition coefficient (Wildman–Crippen LogP) is 6.38. The minimum Gasteiger partial charge on any atom is -0.351 e. The minimum absolute atomic E-state index is 0.472. The van der Waals surface area contributed by atoms with E-state index in [1.54, 1.807) is 0 Å². The third-order valence-electron chi connectivity index (χ3n) is 6.36. The summed E-state index contributed by atoms with van der Waals surface area (Å²) < 4.78 is 0. The maximum Gasteiger partial charge on any atom is 0.223 e. The van der Waals surface area contributed by atoms with Crippen molar-refractivity contribution in [3.63, 3.8) is 0 Å². The number of pyridine rings is 1. The minimum atomic E-state index is 0.472. The summed E-state index contributed by atoms with van der Waals surface area (Å²) in [5.74, 6) is 0.721. The van der Waals surface area contributed by atoms with Crippen LogP contribution in [0.1, 0.15) is 51.0 Å². The zero-order chi connectivity index (χ0) is 21.0. The standard InChI is InChI=1S/C26H29N5/c1-2-18-9-7-8-12-21(18)19-15-22-23(17-29-25(22)28-16-19)24-13-14-27-26(31-24)30-20-10-5-3-4-6-11-20/h7-9,12-17,20H,2-6,10-11H2,1H3,(H,28,29)(H,27,30,31). The SMILES string of the molecule is CCc1ccccc1-c1cnc2[nH]cc(-c3ccnc(NC4CCCCCC4)n3)c2c1. The van der Waals surface area contributed by atoms with Crippen LogP contribution in [0, 0.1) is 0 Å². The summed E-state index contributed by atoms with van der Waals surface area (Å²) in [6.45, 7) is 2.19. The molecular formula is C26H29N5. The molecule has 5 nitrogen and oxygen atoms in total. The average Bonchev–Trinajstić information content (AvgIpc) is 3.07. The molecule has 0 unspecified atom stereocenters. The molecule has 31 heavy (non-hydrogen) atoms. The molecule has 0 radical (unpaired) electrons. The van der Waals surface area contributed by atoms with E-state index in [1.807, 2.05) is 24.7 Å². The summed E-state index contributed by atoms with van der Waals surface area (Å²) in [6.07, 6.45) is 14.5. The maximum atomic E-state index is 4.86. The molecule has 4 aromatic rings. The molecule has 0 spiro atoms. The van der Waals surface area contributed by atoms with Gasteiger partial charge in [0.05, 0.1) is 5.69 Å². The van der Waals surface area contributed by atoms with Gasteiger partial charge in [-0.05, 0) is 42.5 Å². The number of benzene rings is 1. The molecular weight excluding hydrogens is 382 g/mol. The molecule has 1 aliphatic carbocycles. The number of rotatable bonds is 5. The highest BCUT2D eigenvalue weighted by Crippen LogP contribution is 2.32. The molecule has 1 aromatic carbocycles. The van der Waals surface area contributed by atoms with E-state index in [2.05, 4.69) is 52.5 Å². The summed E-state index contributed by atoms with van der Waals surface area (Å²) in [7, 11) is 0. The van der Waals surface area contributed by atoms with E-state index in [9.17, 15) is 0 Å². The fraction of sp³-hybridized carbons (Fsp3) is 0.346. The first kappa shape index (κ1) is 19.7. The van der Waals surface area contributed by atoms with Crippen LogP contribution in [0.3, 0.4) is 0 Å². The third kappa shape index (κ3) is 4.18. The van der Waals surface area contributed by atoms with E-state index in [4.69, 9.17) is 9.97 Å². The van der Waals surface area contributed by atoms with Gasteiger partial charge in [-0.15, -0.1) is 0 Å². The quantitative estimate of drug-likeness (QED) is 0.374. The van der Waals surface area contributed by atoms with E-state index < -0.39 is 0 Å². The summed E-state index contributed by atoms with van der Waals surface area (Å²) in [5, 5.41) is 4.66. The smallest absolute Gasteiger partial charge is 0.223 e. The van der Waals surface area contributed by atoms with Gasteiger partial charge in [0.25, 0.3) is 0 Å². The number of fused-ring (bicyclic) bond motifs is 1. The number of nitrogens with one attached hydrogen (secondary N) is 2. The number of aryl methyl sites for hydroxylation is 1. The number of anilines is 1. The van der Waals surface area contributed by atoms with Crippen LogP contribution in [-0.2, 0) is 6.42 Å². The van der Waals surface area contributed by atoms with Crippen LogP contribution in [0.15, 0.2) is 55.0 Å². The Morgan fingerprint density at radius 1 is 1.00 bits per heavy atom. The van der Waals surface area contributed by atoms with Crippen molar-refractivity contribution in [3.8, 4) is 22.4 Å². The Hall–Kier alpha value is -3.21. The molecule has 0 saturated heterocycles. The second-order valence-corrected chi connectivity index (χ2v) is 8.43. The lowest BCUT2D eigenvalue weighted by atomic mass is 9.98. The van der Waals surface area contributed by atoms with Gasteiger partial charge in [-0.2, -0.15) is 0 Å². The molecule has 3 heterocycles. The van der Waals surface area contributed by atoms with Crippen molar-refractivity contribution < 1.29 is 0 Å². The van der Waals surface area contributed by atoms with Gasteiger partial charge in [0.2, 0.25) is 5.95 Å². The summed E-state index contributed by atoms with van der Waals surface area (Å²) >= 11 is 0. The number of aromatic nitrogens is 4. The van der Waals surface area contributed by atoms with E-state index in [-0.39, 0.29) is 0 Å². The molecule has 158 valence electrons. The Morgan fingerprint density at radius 3 is 2.68 bits per heavy atom. The molecule has 1 aliphatic rings. The molecule has 0 atom stereocenters. The Labute approximate surface area is 183 Å². The van der Waals surface area contributed by atoms with Crippen molar-refractivity contribution >= 4 is 17.0 Å². The molecule has 0 amide bonds. The first-order valence-electron chi connectivity index (χ1n) is 11.5. The average molecular weight is 412 g/mol. The van der Waals surface area contributed by atoms with Crippen LogP contribution in [0.4, 0.5) is 5.95 Å². The van der Waals surface area contributed by atoms with Gasteiger partial charge in [-0.3, -0.25) is 0 Å². The van der Waals surface area contributed by atoms with Crippen LogP contribution < -0.4 is 5.32 Å². The molecule has 0 aliphatic heterocycles. The fourth-order valence-corrected chi connectivity index (χ4v) is 4.66. The Kier molecular flexibility index (Phi) is 5.65. The molecule has 3 aromatic heterocycles. The van der Waals surface area contributed by atoms with Crippen LogP contribution in [-0.4, -0.2) is 26.0 Å². The molecule has 1 saturated carbocycles. The van der Waals surface area contributed by atoms with E-state index in [0.29, 0.717) is 6.04 Å². The Balaban J connectivity index is 1.49. The van der Waals surface area contributed by atoms with Crippen molar-refractivity contribution in [1.82, 2.24) is 19.9 Å². The molecule has 1 fully saturated rings. The molecule has 0 bridgehead atoms. The van der Waals surface area contributed by atoms with Crippen molar-refractivity contribution in [2.75, 3.05) is 5.32 Å². The van der Waals surface area contributed by atoms with Crippen molar-refractivity contribution in [2.45, 2.75) is 57.9 Å². The summed E-state index contributed by atoms with van der Waals surface area (Å²) in [6, 6.07) is 13.2. The van der Waals surface area contributed by atoms with Crippen molar-refractivity contribution in [3.05, 3.63) is 60.6 Å². The Morgan fingerprint density at radius 2 is 1.84 bits per heavy atom. The fourth-order valence-electron chi connectivity index (χ4n) is 4.66. The normalized spacial score (nSPS) is 15.1.